The molecule has 4 heteroatoms. The van der Waals surface area contributed by atoms with E-state index in [4.69, 9.17) is 4.74 Å². The fraction of sp³-hybridized carbons (Fsp3) is 0.438. The van der Waals surface area contributed by atoms with Gasteiger partial charge in [-0.15, -0.1) is 0 Å². The number of carbonyl (C=O) groups excluding carboxylic acids is 1. The van der Waals surface area contributed by atoms with E-state index < -0.39 is 5.60 Å². The molecular formula is C16H17IO3. The molecule has 1 heterocycles. The number of hydrogen-bond donors (Lipinski definition) is 1. The van der Waals surface area contributed by atoms with Gasteiger partial charge in [0.25, 0.3) is 0 Å². The van der Waals surface area contributed by atoms with Gasteiger partial charge in [0.2, 0.25) is 0 Å². The third kappa shape index (κ3) is 2.19. The molecule has 0 fully saturated rings. The molecular weight excluding hydrogens is 367 g/mol. The fourth-order valence-electron chi connectivity index (χ4n) is 3.07. The summed E-state index contributed by atoms with van der Waals surface area (Å²) >= 11 is 2.22. The van der Waals surface area contributed by atoms with E-state index >= 15 is 0 Å². The van der Waals surface area contributed by atoms with Crippen LogP contribution in [0.15, 0.2) is 35.6 Å². The van der Waals surface area contributed by atoms with E-state index in [1.165, 1.54) is 0 Å². The summed E-state index contributed by atoms with van der Waals surface area (Å²) in [4.78, 5) is 12.4. The van der Waals surface area contributed by atoms with Gasteiger partial charge in [-0.2, -0.15) is 0 Å². The fourth-order valence-corrected chi connectivity index (χ4v) is 3.43. The second-order valence-electron chi connectivity index (χ2n) is 6.39. The number of Topliss-reactive ketones (excluding diaryl/α,β-unsaturated/α-hetero) is 1. The molecule has 1 aromatic rings. The Hall–Kier alpha value is -0.880. The number of hydrogen-bond acceptors (Lipinski definition) is 3. The average molecular weight is 384 g/mol. The molecule has 106 valence electrons. The van der Waals surface area contributed by atoms with Crippen molar-refractivity contribution in [3.8, 4) is 0 Å². The van der Waals surface area contributed by atoms with Crippen molar-refractivity contribution >= 4 is 28.4 Å². The molecule has 1 atom stereocenters. The number of ether oxygens (including phenoxy) is 1. The molecule has 0 amide bonds. The maximum atomic E-state index is 12.4. The van der Waals surface area contributed by atoms with Crippen molar-refractivity contribution in [1.82, 2.24) is 0 Å². The first-order chi connectivity index (χ1) is 9.32. The molecule has 1 aliphatic heterocycles. The minimum atomic E-state index is -1.28. The van der Waals surface area contributed by atoms with Crippen LogP contribution in [0.5, 0.6) is 0 Å². The number of aliphatic hydroxyl groups is 1. The van der Waals surface area contributed by atoms with Crippen LogP contribution >= 0.6 is 22.6 Å². The van der Waals surface area contributed by atoms with E-state index in [9.17, 15) is 9.90 Å². The van der Waals surface area contributed by atoms with Gasteiger partial charge in [-0.1, -0.05) is 26.0 Å². The van der Waals surface area contributed by atoms with E-state index in [2.05, 4.69) is 36.4 Å². The molecule has 1 aromatic carbocycles. The Kier molecular flexibility index (Phi) is 3.21. The lowest BCUT2D eigenvalue weighted by atomic mass is 9.72. The molecule has 1 N–H and O–H groups in total. The van der Waals surface area contributed by atoms with Crippen molar-refractivity contribution in [3.05, 3.63) is 44.7 Å². The van der Waals surface area contributed by atoms with Crippen molar-refractivity contribution in [3.63, 3.8) is 0 Å². The maximum Gasteiger partial charge on any atom is 0.166 e. The van der Waals surface area contributed by atoms with E-state index in [-0.39, 0.29) is 17.8 Å². The molecule has 3 rings (SSSR count). The lowest BCUT2D eigenvalue weighted by Gasteiger charge is -2.31. The first kappa shape index (κ1) is 14.1. The van der Waals surface area contributed by atoms with Gasteiger partial charge in [0, 0.05) is 16.4 Å². The number of ketones is 1. The monoisotopic (exact) mass is 384 g/mol. The number of halogens is 1. The largest absolute Gasteiger partial charge is 0.494 e. The minimum absolute atomic E-state index is 0.00907. The minimum Gasteiger partial charge on any atom is -0.494 e. The summed E-state index contributed by atoms with van der Waals surface area (Å²) in [6.07, 6.45) is 1.17. The third-order valence-electron chi connectivity index (χ3n) is 4.03. The van der Waals surface area contributed by atoms with Gasteiger partial charge in [-0.05, 0) is 45.7 Å². The summed E-state index contributed by atoms with van der Waals surface area (Å²) in [6.45, 7) is 4.25. The van der Waals surface area contributed by atoms with Gasteiger partial charge in [0.15, 0.2) is 11.4 Å². The van der Waals surface area contributed by atoms with E-state index in [1.807, 2.05) is 24.3 Å². The molecule has 2 aliphatic rings. The van der Waals surface area contributed by atoms with Gasteiger partial charge in [-0.3, -0.25) is 4.79 Å². The van der Waals surface area contributed by atoms with Crippen molar-refractivity contribution in [2.24, 2.45) is 5.41 Å². The second-order valence-corrected chi connectivity index (χ2v) is 7.64. The summed E-state index contributed by atoms with van der Waals surface area (Å²) in [6, 6.07) is 7.61. The van der Waals surface area contributed by atoms with Crippen LogP contribution < -0.4 is 0 Å². The van der Waals surface area contributed by atoms with Crippen LogP contribution in [0, 0.1) is 8.99 Å². The number of rotatable bonds is 1. The molecule has 0 saturated heterocycles. The van der Waals surface area contributed by atoms with Gasteiger partial charge in [-0.25, -0.2) is 0 Å². The molecule has 0 spiro atoms. The first-order valence-corrected chi connectivity index (χ1v) is 7.78. The van der Waals surface area contributed by atoms with Crippen LogP contribution in [0.3, 0.4) is 0 Å². The Morgan fingerprint density at radius 2 is 1.85 bits per heavy atom. The van der Waals surface area contributed by atoms with E-state index in [1.54, 1.807) is 0 Å². The van der Waals surface area contributed by atoms with Crippen molar-refractivity contribution in [2.45, 2.75) is 32.3 Å². The molecule has 0 aromatic heterocycles. The highest BCUT2D eigenvalue weighted by molar-refractivity contribution is 14.1. The second kappa shape index (κ2) is 4.56. The quantitative estimate of drug-likeness (QED) is 0.757. The maximum absolute atomic E-state index is 12.4. The van der Waals surface area contributed by atoms with Crippen molar-refractivity contribution < 1.29 is 14.6 Å². The van der Waals surface area contributed by atoms with Gasteiger partial charge >= 0.3 is 0 Å². The van der Waals surface area contributed by atoms with Crippen LogP contribution in [0.4, 0.5) is 0 Å². The molecule has 0 unspecified atom stereocenters. The third-order valence-corrected chi connectivity index (χ3v) is 4.75. The van der Waals surface area contributed by atoms with Crippen molar-refractivity contribution in [1.29, 1.82) is 0 Å². The summed E-state index contributed by atoms with van der Waals surface area (Å²) in [5.41, 5.74) is -0.172. The highest BCUT2D eigenvalue weighted by Crippen LogP contribution is 2.48. The number of benzene rings is 1. The zero-order valence-electron chi connectivity index (χ0n) is 11.6. The Morgan fingerprint density at radius 3 is 2.50 bits per heavy atom. The topological polar surface area (TPSA) is 46.5 Å². The number of allylic oxidation sites excluding steroid dienone is 1. The molecule has 1 aliphatic carbocycles. The zero-order chi connectivity index (χ0) is 14.5. The van der Waals surface area contributed by atoms with Crippen LogP contribution in [0.1, 0.15) is 32.3 Å². The lowest BCUT2D eigenvalue weighted by Crippen LogP contribution is -2.36. The SMILES string of the molecule is CC1(C)CC(=O)C2=C(C1)OC[C@]2(O)c1ccc(I)cc1. The summed E-state index contributed by atoms with van der Waals surface area (Å²) in [5, 5.41) is 11.0. The standard InChI is InChI=1S/C16H17IO3/c1-15(2)7-12(18)14-13(8-15)20-9-16(14,19)10-3-5-11(17)6-4-10/h3-6,19H,7-9H2,1-2H3/t16-/m0/s1. The van der Waals surface area contributed by atoms with E-state index in [0.29, 0.717) is 24.2 Å². The zero-order valence-corrected chi connectivity index (χ0v) is 13.7. The van der Waals surface area contributed by atoms with Gasteiger partial charge in [0.1, 0.15) is 12.4 Å². The summed E-state index contributed by atoms with van der Waals surface area (Å²) in [7, 11) is 0. The molecule has 3 nitrogen and oxygen atoms in total. The first-order valence-electron chi connectivity index (χ1n) is 6.70. The number of carbonyl (C=O) groups is 1. The van der Waals surface area contributed by atoms with E-state index in [0.717, 1.165) is 9.13 Å². The highest BCUT2D eigenvalue weighted by Gasteiger charge is 2.50. The van der Waals surface area contributed by atoms with Gasteiger partial charge < -0.3 is 9.84 Å². The highest BCUT2D eigenvalue weighted by atomic mass is 127. The van der Waals surface area contributed by atoms with Crippen LogP contribution in [-0.2, 0) is 15.1 Å². The Labute approximate surface area is 132 Å². The van der Waals surface area contributed by atoms with Crippen LogP contribution in [-0.4, -0.2) is 17.5 Å². The molecule has 0 radical (unpaired) electrons. The molecule has 0 saturated carbocycles. The molecule has 20 heavy (non-hydrogen) atoms. The predicted molar refractivity (Wildman–Crippen MR) is 84.1 cm³/mol. The predicted octanol–water partition coefficient (Wildman–Crippen LogP) is 3.15. The molecule has 0 bridgehead atoms. The van der Waals surface area contributed by atoms with Gasteiger partial charge in [0.05, 0.1) is 5.57 Å². The average Bonchev–Trinajstić information content (AvgIpc) is 2.67. The normalized spacial score (nSPS) is 28.3. The van der Waals surface area contributed by atoms with Crippen LogP contribution in [0.25, 0.3) is 0 Å². The summed E-state index contributed by atoms with van der Waals surface area (Å²) in [5.74, 6) is 0.683. The summed E-state index contributed by atoms with van der Waals surface area (Å²) < 4.78 is 6.77. The smallest absolute Gasteiger partial charge is 0.166 e. The Balaban J connectivity index is 2.06. The lowest BCUT2D eigenvalue weighted by molar-refractivity contribution is -0.120. The Morgan fingerprint density at radius 1 is 1.20 bits per heavy atom. The Bertz CT molecular complexity index is 601. The van der Waals surface area contributed by atoms with Crippen LogP contribution in [0.2, 0.25) is 0 Å². The van der Waals surface area contributed by atoms with Crippen molar-refractivity contribution in [2.75, 3.05) is 6.61 Å².